The standard InChI is InChI=1S/C21H14Br3N3O4/c22-16-5-1-13(2-6-16)12-31-20-18(23)9-14(10-19(20)24)11-25-26-21(28)15-3-7-17(8-4-15)27(29)30/h1-11H,12H2,(H,26,28)/b25-11+. The summed E-state index contributed by atoms with van der Waals surface area (Å²) in [6, 6.07) is 16.7. The Morgan fingerprint density at radius 1 is 1.03 bits per heavy atom. The van der Waals surface area contributed by atoms with Crippen LogP contribution in [0.15, 0.2) is 79.2 Å². The van der Waals surface area contributed by atoms with Crippen LogP contribution < -0.4 is 10.2 Å². The van der Waals surface area contributed by atoms with E-state index in [9.17, 15) is 14.9 Å². The molecule has 0 aliphatic heterocycles. The molecule has 0 aliphatic rings. The number of nitrogens with zero attached hydrogens (tertiary/aromatic N) is 2. The van der Waals surface area contributed by atoms with Gasteiger partial charge >= 0.3 is 0 Å². The van der Waals surface area contributed by atoms with Crippen LogP contribution in [0.25, 0.3) is 0 Å². The summed E-state index contributed by atoms with van der Waals surface area (Å²) in [4.78, 5) is 22.3. The zero-order valence-electron chi connectivity index (χ0n) is 15.7. The number of nitro groups is 1. The van der Waals surface area contributed by atoms with E-state index in [0.717, 1.165) is 24.5 Å². The minimum atomic E-state index is -0.526. The number of carbonyl (C=O) groups excluding carboxylic acids is 1. The fraction of sp³-hybridized carbons (Fsp3) is 0.0476. The SMILES string of the molecule is O=C(N/N=C/c1cc(Br)c(OCc2ccc(Br)cc2)c(Br)c1)c1ccc([N+](=O)[O-])cc1. The van der Waals surface area contributed by atoms with E-state index < -0.39 is 10.8 Å². The molecule has 31 heavy (non-hydrogen) atoms. The summed E-state index contributed by atoms with van der Waals surface area (Å²) < 4.78 is 8.36. The van der Waals surface area contributed by atoms with Crippen LogP contribution in [0.4, 0.5) is 5.69 Å². The Morgan fingerprint density at radius 3 is 2.23 bits per heavy atom. The molecule has 0 saturated heterocycles. The molecule has 0 aromatic heterocycles. The number of hydrogen-bond donors (Lipinski definition) is 1. The lowest BCUT2D eigenvalue weighted by Crippen LogP contribution is -2.17. The van der Waals surface area contributed by atoms with Crippen molar-refractivity contribution in [1.82, 2.24) is 5.43 Å². The van der Waals surface area contributed by atoms with E-state index in [2.05, 4.69) is 58.3 Å². The summed E-state index contributed by atoms with van der Waals surface area (Å²) >= 11 is 10.4. The van der Waals surface area contributed by atoms with Gasteiger partial charge in [0.05, 0.1) is 20.1 Å². The fourth-order valence-corrected chi connectivity index (χ4v) is 4.21. The van der Waals surface area contributed by atoms with Crippen molar-refractivity contribution >= 4 is 65.6 Å². The van der Waals surface area contributed by atoms with Crippen LogP contribution in [0.3, 0.4) is 0 Å². The normalized spacial score (nSPS) is 10.8. The predicted molar refractivity (Wildman–Crippen MR) is 128 cm³/mol. The van der Waals surface area contributed by atoms with E-state index >= 15 is 0 Å². The monoisotopic (exact) mass is 609 g/mol. The number of nitro benzene ring substituents is 1. The highest BCUT2D eigenvalue weighted by molar-refractivity contribution is 9.11. The van der Waals surface area contributed by atoms with Crippen LogP contribution in [0.1, 0.15) is 21.5 Å². The molecule has 0 fully saturated rings. The van der Waals surface area contributed by atoms with Gasteiger partial charge in [-0.05, 0) is 79.4 Å². The van der Waals surface area contributed by atoms with Gasteiger partial charge in [-0.3, -0.25) is 14.9 Å². The van der Waals surface area contributed by atoms with Gasteiger partial charge in [0.25, 0.3) is 11.6 Å². The molecule has 3 aromatic carbocycles. The van der Waals surface area contributed by atoms with Crippen LogP contribution in [0, 0.1) is 10.1 Å². The molecule has 0 heterocycles. The van der Waals surface area contributed by atoms with Crippen molar-refractivity contribution in [2.75, 3.05) is 0 Å². The van der Waals surface area contributed by atoms with Gasteiger partial charge in [0, 0.05) is 22.2 Å². The number of hydrazone groups is 1. The van der Waals surface area contributed by atoms with Gasteiger partial charge in [-0.2, -0.15) is 5.10 Å². The second kappa shape index (κ2) is 10.7. The maximum Gasteiger partial charge on any atom is 0.271 e. The molecule has 0 spiro atoms. The van der Waals surface area contributed by atoms with E-state index in [1.54, 1.807) is 0 Å². The Kier molecular flexibility index (Phi) is 7.94. The number of carbonyl (C=O) groups is 1. The quantitative estimate of drug-likeness (QED) is 0.195. The maximum atomic E-state index is 12.1. The largest absolute Gasteiger partial charge is 0.487 e. The number of benzene rings is 3. The van der Waals surface area contributed by atoms with Crippen molar-refractivity contribution in [3.8, 4) is 5.75 Å². The number of ether oxygens (including phenoxy) is 1. The number of amides is 1. The highest BCUT2D eigenvalue weighted by Gasteiger charge is 2.10. The molecule has 1 N–H and O–H groups in total. The third-order valence-corrected chi connectivity index (χ3v) is 5.74. The minimum Gasteiger partial charge on any atom is -0.487 e. The molecule has 3 rings (SSSR count). The molecule has 0 unspecified atom stereocenters. The predicted octanol–water partition coefficient (Wildman–Crippen LogP) is 6.23. The van der Waals surface area contributed by atoms with Gasteiger partial charge in [-0.25, -0.2) is 5.43 Å². The molecule has 0 atom stereocenters. The van der Waals surface area contributed by atoms with E-state index in [4.69, 9.17) is 4.74 Å². The van der Waals surface area contributed by atoms with E-state index in [1.807, 2.05) is 36.4 Å². The summed E-state index contributed by atoms with van der Waals surface area (Å²) in [5, 5.41) is 14.6. The molecular weight excluding hydrogens is 598 g/mol. The molecule has 3 aromatic rings. The topological polar surface area (TPSA) is 93.8 Å². The van der Waals surface area contributed by atoms with Crippen LogP contribution in [-0.4, -0.2) is 17.0 Å². The fourth-order valence-electron chi connectivity index (χ4n) is 2.49. The number of nitrogens with one attached hydrogen (secondary N) is 1. The Labute approximate surface area is 203 Å². The lowest BCUT2D eigenvalue weighted by molar-refractivity contribution is -0.384. The molecule has 0 saturated carbocycles. The van der Waals surface area contributed by atoms with Gasteiger partial charge < -0.3 is 4.74 Å². The molecule has 158 valence electrons. The number of non-ortho nitro benzene ring substituents is 1. The zero-order valence-corrected chi connectivity index (χ0v) is 20.5. The van der Waals surface area contributed by atoms with Gasteiger partial charge in [0.15, 0.2) is 0 Å². The molecule has 7 nitrogen and oxygen atoms in total. The number of hydrogen-bond acceptors (Lipinski definition) is 5. The first-order chi connectivity index (χ1) is 14.8. The maximum absolute atomic E-state index is 12.1. The Bertz CT molecular complexity index is 1110. The lowest BCUT2D eigenvalue weighted by Gasteiger charge is -2.11. The van der Waals surface area contributed by atoms with Gasteiger partial charge in [-0.15, -0.1) is 0 Å². The minimum absolute atomic E-state index is 0.0859. The van der Waals surface area contributed by atoms with E-state index in [1.165, 1.54) is 30.5 Å². The first kappa shape index (κ1) is 23.1. The summed E-state index contributed by atoms with van der Waals surface area (Å²) in [6.07, 6.45) is 1.48. The van der Waals surface area contributed by atoms with Crippen molar-refractivity contribution < 1.29 is 14.5 Å². The van der Waals surface area contributed by atoms with Crippen LogP contribution in [-0.2, 0) is 6.61 Å². The Hall–Kier alpha value is -2.56. The average molecular weight is 612 g/mol. The van der Waals surface area contributed by atoms with Crippen molar-refractivity contribution in [3.63, 3.8) is 0 Å². The first-order valence-corrected chi connectivity index (χ1v) is 11.2. The van der Waals surface area contributed by atoms with E-state index in [0.29, 0.717) is 12.4 Å². The lowest BCUT2D eigenvalue weighted by atomic mass is 10.2. The highest BCUT2D eigenvalue weighted by Crippen LogP contribution is 2.35. The van der Waals surface area contributed by atoms with E-state index in [-0.39, 0.29) is 11.3 Å². The number of halogens is 3. The van der Waals surface area contributed by atoms with Crippen LogP contribution in [0.2, 0.25) is 0 Å². The molecule has 0 aliphatic carbocycles. The summed E-state index contributed by atoms with van der Waals surface area (Å²) in [6.45, 7) is 0.406. The van der Waals surface area contributed by atoms with Crippen LogP contribution >= 0.6 is 47.8 Å². The van der Waals surface area contributed by atoms with Crippen molar-refractivity contribution in [1.29, 1.82) is 0 Å². The first-order valence-electron chi connectivity index (χ1n) is 8.77. The summed E-state index contributed by atoms with van der Waals surface area (Å²) in [7, 11) is 0. The van der Waals surface area contributed by atoms with Crippen molar-refractivity contribution in [3.05, 3.63) is 101 Å². The van der Waals surface area contributed by atoms with Crippen molar-refractivity contribution in [2.24, 2.45) is 5.10 Å². The van der Waals surface area contributed by atoms with Gasteiger partial charge in [0.1, 0.15) is 12.4 Å². The summed E-state index contributed by atoms with van der Waals surface area (Å²) in [5.74, 6) is 0.175. The Morgan fingerprint density at radius 2 is 1.65 bits per heavy atom. The van der Waals surface area contributed by atoms with Crippen LogP contribution in [0.5, 0.6) is 5.75 Å². The Balaban J connectivity index is 1.62. The molecule has 1 amide bonds. The smallest absolute Gasteiger partial charge is 0.271 e. The average Bonchev–Trinajstić information content (AvgIpc) is 2.74. The molecular formula is C21H14Br3N3O4. The highest BCUT2D eigenvalue weighted by atomic mass is 79.9. The second-order valence-corrected chi connectivity index (χ2v) is 8.86. The molecule has 0 bridgehead atoms. The van der Waals surface area contributed by atoms with Crippen molar-refractivity contribution in [2.45, 2.75) is 6.61 Å². The van der Waals surface area contributed by atoms with Gasteiger partial charge in [0.2, 0.25) is 0 Å². The second-order valence-electron chi connectivity index (χ2n) is 6.23. The van der Waals surface area contributed by atoms with Gasteiger partial charge in [-0.1, -0.05) is 28.1 Å². The number of rotatable bonds is 7. The molecule has 10 heteroatoms. The third-order valence-electron chi connectivity index (χ3n) is 4.04. The third kappa shape index (κ3) is 6.46. The zero-order chi connectivity index (χ0) is 22.4. The summed E-state index contributed by atoms with van der Waals surface area (Å²) in [5.41, 5.74) is 4.33. The molecule has 0 radical (unpaired) electrons.